The Morgan fingerprint density at radius 3 is 2.07 bits per heavy atom. The molecule has 0 radical (unpaired) electrons. The van der Waals surface area contributed by atoms with E-state index in [1.54, 1.807) is 13.2 Å². The molecular weight excluding hydrogens is 526 g/mol. The molecule has 4 aromatic carbocycles. The number of urea groups is 1. The molecule has 8 nitrogen and oxygen atoms in total. The van der Waals surface area contributed by atoms with Crippen LogP contribution in [0.1, 0.15) is 27.0 Å². The van der Waals surface area contributed by atoms with Crippen LogP contribution in [0.25, 0.3) is 0 Å². The zero-order valence-electron chi connectivity index (χ0n) is 24.3. The number of piperazine rings is 1. The van der Waals surface area contributed by atoms with E-state index in [9.17, 15) is 9.59 Å². The Kier molecular flexibility index (Phi) is 8.92. The van der Waals surface area contributed by atoms with Crippen LogP contribution in [-0.2, 0) is 6.54 Å². The van der Waals surface area contributed by atoms with E-state index in [1.807, 2.05) is 92.7 Å². The molecule has 3 N–H and O–H groups in total. The minimum atomic E-state index is -0.360. The van der Waals surface area contributed by atoms with Gasteiger partial charge in [-0.15, -0.1) is 0 Å². The quantitative estimate of drug-likeness (QED) is 0.237. The lowest BCUT2D eigenvalue weighted by atomic mass is 10.1. The van der Waals surface area contributed by atoms with Gasteiger partial charge in [-0.1, -0.05) is 60.7 Å². The van der Waals surface area contributed by atoms with Gasteiger partial charge in [-0.05, 0) is 60.9 Å². The van der Waals surface area contributed by atoms with E-state index in [0.717, 1.165) is 65.7 Å². The third kappa shape index (κ3) is 6.66. The molecule has 0 aromatic heterocycles. The summed E-state index contributed by atoms with van der Waals surface area (Å²) < 4.78 is 5.57. The van der Waals surface area contributed by atoms with Crippen molar-refractivity contribution < 1.29 is 14.3 Å². The predicted molar refractivity (Wildman–Crippen MR) is 170 cm³/mol. The van der Waals surface area contributed by atoms with Crippen molar-refractivity contribution in [2.24, 2.45) is 0 Å². The van der Waals surface area contributed by atoms with Crippen LogP contribution < -0.4 is 30.5 Å². The van der Waals surface area contributed by atoms with Gasteiger partial charge in [-0.25, -0.2) is 4.79 Å². The molecule has 5 rings (SSSR count). The van der Waals surface area contributed by atoms with E-state index in [1.165, 1.54) is 0 Å². The lowest BCUT2D eigenvalue weighted by Crippen LogP contribution is -2.47. The van der Waals surface area contributed by atoms with E-state index < -0.39 is 0 Å². The van der Waals surface area contributed by atoms with E-state index in [-0.39, 0.29) is 11.9 Å². The predicted octanol–water partition coefficient (Wildman–Crippen LogP) is 6.21. The molecule has 4 aromatic rings. The maximum absolute atomic E-state index is 13.6. The second kappa shape index (κ2) is 13.1. The fourth-order valence-electron chi connectivity index (χ4n) is 5.31. The second-order valence-corrected chi connectivity index (χ2v) is 10.4. The highest BCUT2D eigenvalue weighted by atomic mass is 16.5. The number of aryl methyl sites for hydroxylation is 2. The number of anilines is 4. The third-order valence-corrected chi connectivity index (χ3v) is 7.56. The highest BCUT2D eigenvalue weighted by Crippen LogP contribution is 2.31. The summed E-state index contributed by atoms with van der Waals surface area (Å²) in [4.78, 5) is 31.0. The van der Waals surface area contributed by atoms with Crippen LogP contribution in [-0.4, -0.2) is 45.2 Å². The first kappa shape index (κ1) is 28.5. The lowest BCUT2D eigenvalue weighted by molar-refractivity contribution is 0.0951. The number of carbonyl (C=O) groups is 2. The van der Waals surface area contributed by atoms with Crippen LogP contribution in [0.5, 0.6) is 5.75 Å². The molecule has 8 heteroatoms. The molecule has 3 amide bonds. The molecule has 42 heavy (non-hydrogen) atoms. The van der Waals surface area contributed by atoms with Crippen molar-refractivity contribution in [1.29, 1.82) is 0 Å². The van der Waals surface area contributed by atoms with Gasteiger partial charge in [0.1, 0.15) is 5.75 Å². The van der Waals surface area contributed by atoms with Gasteiger partial charge < -0.3 is 30.5 Å². The van der Waals surface area contributed by atoms with E-state index in [0.29, 0.717) is 17.8 Å². The standard InChI is InChI=1S/C34H37N5O3/c1-24-10-9-11-25(2)32(24)37-34(41)36-27-16-17-29(28(22-27)33(40)35-23-26-12-5-4-6-13-26)38-18-20-39(21-19-38)30-14-7-8-15-31(30)42-3/h4-17,22H,18-21,23H2,1-3H3,(H,35,40)(H2,36,37,41). The summed E-state index contributed by atoms with van der Waals surface area (Å²) >= 11 is 0. The Bertz CT molecular complexity index is 1530. The number of methoxy groups -OCH3 is 1. The lowest BCUT2D eigenvalue weighted by Gasteiger charge is -2.38. The Hall–Kier alpha value is -4.98. The summed E-state index contributed by atoms with van der Waals surface area (Å²) in [6.45, 7) is 7.35. The average Bonchev–Trinajstić information content (AvgIpc) is 3.02. The summed E-state index contributed by atoms with van der Waals surface area (Å²) in [6.07, 6.45) is 0. The van der Waals surface area contributed by atoms with Crippen LogP contribution in [0.2, 0.25) is 0 Å². The molecule has 216 valence electrons. The topological polar surface area (TPSA) is 85.9 Å². The van der Waals surface area contributed by atoms with Gasteiger partial charge in [0, 0.05) is 49.8 Å². The van der Waals surface area contributed by atoms with Crippen molar-refractivity contribution in [3.8, 4) is 5.75 Å². The monoisotopic (exact) mass is 563 g/mol. The molecule has 0 spiro atoms. The summed E-state index contributed by atoms with van der Waals surface area (Å²) in [6, 6.07) is 28.9. The normalized spacial score (nSPS) is 12.9. The molecule has 0 saturated carbocycles. The summed E-state index contributed by atoms with van der Waals surface area (Å²) in [5.41, 5.74) is 6.71. The smallest absolute Gasteiger partial charge is 0.323 e. The van der Waals surface area contributed by atoms with E-state index >= 15 is 0 Å². The largest absolute Gasteiger partial charge is 0.495 e. The summed E-state index contributed by atoms with van der Waals surface area (Å²) in [5.74, 6) is 0.654. The van der Waals surface area contributed by atoms with Crippen LogP contribution in [0.3, 0.4) is 0 Å². The van der Waals surface area contributed by atoms with Crippen molar-refractivity contribution in [1.82, 2.24) is 5.32 Å². The van der Waals surface area contributed by atoms with E-state index in [4.69, 9.17) is 4.74 Å². The highest BCUT2D eigenvalue weighted by Gasteiger charge is 2.24. The second-order valence-electron chi connectivity index (χ2n) is 10.4. The van der Waals surface area contributed by atoms with Gasteiger partial charge in [0.15, 0.2) is 0 Å². The Morgan fingerprint density at radius 2 is 1.38 bits per heavy atom. The van der Waals surface area contributed by atoms with Gasteiger partial charge in [-0.2, -0.15) is 0 Å². The number of ether oxygens (including phenoxy) is 1. The van der Waals surface area contributed by atoms with Crippen LogP contribution in [0.15, 0.2) is 91.0 Å². The molecule has 1 saturated heterocycles. The fourth-order valence-corrected chi connectivity index (χ4v) is 5.31. The zero-order chi connectivity index (χ0) is 29.5. The van der Waals surface area contributed by atoms with Gasteiger partial charge in [0.25, 0.3) is 5.91 Å². The average molecular weight is 564 g/mol. The Morgan fingerprint density at radius 1 is 0.738 bits per heavy atom. The van der Waals surface area contributed by atoms with Gasteiger partial charge in [0.05, 0.1) is 18.4 Å². The molecule has 1 heterocycles. The number of benzene rings is 4. The highest BCUT2D eigenvalue weighted by molar-refractivity contribution is 6.04. The molecule has 1 fully saturated rings. The SMILES string of the molecule is COc1ccccc1N1CCN(c2ccc(NC(=O)Nc3c(C)cccc3C)cc2C(=O)NCc2ccccc2)CC1. The minimum absolute atomic E-state index is 0.195. The number of nitrogens with one attached hydrogen (secondary N) is 3. The molecular formula is C34H37N5O3. The number of para-hydroxylation sites is 3. The number of carbonyl (C=O) groups excluding carboxylic acids is 2. The van der Waals surface area contributed by atoms with Gasteiger partial charge >= 0.3 is 6.03 Å². The minimum Gasteiger partial charge on any atom is -0.495 e. The number of amides is 3. The molecule has 0 unspecified atom stereocenters. The zero-order valence-corrected chi connectivity index (χ0v) is 24.3. The van der Waals surface area contributed by atoms with Gasteiger partial charge in [0.2, 0.25) is 0 Å². The molecule has 1 aliphatic heterocycles. The first-order valence-corrected chi connectivity index (χ1v) is 14.2. The number of hydrogen-bond donors (Lipinski definition) is 3. The van der Waals surface area contributed by atoms with Crippen molar-refractivity contribution in [3.05, 3.63) is 113 Å². The van der Waals surface area contributed by atoms with Crippen molar-refractivity contribution >= 4 is 34.7 Å². The van der Waals surface area contributed by atoms with Crippen molar-refractivity contribution in [3.63, 3.8) is 0 Å². The molecule has 0 bridgehead atoms. The number of hydrogen-bond acceptors (Lipinski definition) is 5. The number of rotatable bonds is 8. The fraction of sp³-hybridized carbons (Fsp3) is 0.235. The maximum Gasteiger partial charge on any atom is 0.323 e. The molecule has 0 aliphatic carbocycles. The first-order valence-electron chi connectivity index (χ1n) is 14.2. The third-order valence-electron chi connectivity index (χ3n) is 7.56. The number of nitrogens with zero attached hydrogens (tertiary/aromatic N) is 2. The molecule has 1 aliphatic rings. The Balaban J connectivity index is 1.35. The van der Waals surface area contributed by atoms with Crippen LogP contribution >= 0.6 is 0 Å². The van der Waals surface area contributed by atoms with E-state index in [2.05, 4.69) is 31.8 Å². The first-order chi connectivity index (χ1) is 20.4. The Labute approximate surface area is 247 Å². The summed E-state index contributed by atoms with van der Waals surface area (Å²) in [5, 5.41) is 8.93. The van der Waals surface area contributed by atoms with Crippen molar-refractivity contribution in [2.45, 2.75) is 20.4 Å². The molecule has 0 atom stereocenters. The maximum atomic E-state index is 13.6. The van der Waals surface area contributed by atoms with Crippen LogP contribution in [0, 0.1) is 13.8 Å². The summed E-state index contributed by atoms with van der Waals surface area (Å²) in [7, 11) is 1.69. The van der Waals surface area contributed by atoms with Crippen molar-refractivity contribution in [2.75, 3.05) is 53.7 Å². The van der Waals surface area contributed by atoms with Crippen LogP contribution in [0.4, 0.5) is 27.5 Å². The van der Waals surface area contributed by atoms with Gasteiger partial charge in [-0.3, -0.25) is 4.79 Å².